The first-order chi connectivity index (χ1) is 15.0. The molecule has 0 bridgehead atoms. The third kappa shape index (κ3) is 4.88. The number of carbonyl (C=O) groups excluding carboxylic acids is 2. The average Bonchev–Trinajstić information content (AvgIpc) is 2.79. The van der Waals surface area contributed by atoms with Crippen molar-refractivity contribution in [2.24, 2.45) is 0 Å². The van der Waals surface area contributed by atoms with Gasteiger partial charge in [-0.1, -0.05) is 24.3 Å². The van der Waals surface area contributed by atoms with Gasteiger partial charge in [-0.2, -0.15) is 0 Å². The highest BCUT2D eigenvalue weighted by Crippen LogP contribution is 2.25. The molecule has 0 saturated carbocycles. The molecule has 1 atom stereocenters. The fraction of sp³-hybridized carbons (Fsp3) is 0.333. The van der Waals surface area contributed by atoms with Gasteiger partial charge in [0.15, 0.2) is 5.76 Å². The van der Waals surface area contributed by atoms with E-state index in [1.54, 1.807) is 29.3 Å². The van der Waals surface area contributed by atoms with Crippen LogP contribution in [0.5, 0.6) is 0 Å². The summed E-state index contributed by atoms with van der Waals surface area (Å²) >= 11 is 1.55. The van der Waals surface area contributed by atoms with Crippen LogP contribution in [0, 0.1) is 6.92 Å². The topological polar surface area (TPSA) is 61.9 Å². The Bertz CT molecular complexity index is 1010. The molecule has 7 heteroatoms. The number of hydrogen-bond donors (Lipinski definition) is 1. The number of rotatable bonds is 4. The number of carbonyl (C=O) groups is 2. The largest absolute Gasteiger partial charge is 0.487 e. The fourth-order valence-corrected chi connectivity index (χ4v) is 4.58. The van der Waals surface area contributed by atoms with Crippen LogP contribution in [0.2, 0.25) is 0 Å². The highest BCUT2D eigenvalue weighted by atomic mass is 32.2. The molecule has 1 saturated heterocycles. The van der Waals surface area contributed by atoms with E-state index < -0.39 is 0 Å². The van der Waals surface area contributed by atoms with Crippen molar-refractivity contribution in [3.8, 4) is 0 Å². The van der Waals surface area contributed by atoms with Crippen LogP contribution in [0.15, 0.2) is 59.7 Å². The maximum absolute atomic E-state index is 13.3. The number of hydrogen-bond acceptors (Lipinski definition) is 5. The monoisotopic (exact) mass is 437 g/mol. The van der Waals surface area contributed by atoms with E-state index in [4.69, 9.17) is 4.74 Å². The van der Waals surface area contributed by atoms with Crippen molar-refractivity contribution in [1.82, 2.24) is 4.90 Å². The molecule has 31 heavy (non-hydrogen) atoms. The van der Waals surface area contributed by atoms with E-state index in [2.05, 4.69) is 48.3 Å². The maximum Gasteiger partial charge on any atom is 0.291 e. The lowest BCUT2D eigenvalue weighted by molar-refractivity contribution is -0.116. The number of nitrogens with zero attached hydrogens (tertiary/aromatic N) is 2. The van der Waals surface area contributed by atoms with Gasteiger partial charge in [0, 0.05) is 42.5 Å². The maximum atomic E-state index is 13.3. The summed E-state index contributed by atoms with van der Waals surface area (Å²) in [6.45, 7) is 6.76. The van der Waals surface area contributed by atoms with Gasteiger partial charge in [-0.15, -0.1) is 11.8 Å². The highest BCUT2D eigenvalue weighted by molar-refractivity contribution is 8.02. The predicted molar refractivity (Wildman–Crippen MR) is 125 cm³/mol. The lowest BCUT2D eigenvalue weighted by Crippen LogP contribution is -2.53. The number of ether oxygens (including phenoxy) is 1. The van der Waals surface area contributed by atoms with Gasteiger partial charge in [0.1, 0.15) is 0 Å². The van der Waals surface area contributed by atoms with Crippen molar-refractivity contribution in [3.63, 3.8) is 0 Å². The number of benzene rings is 2. The standard InChI is InChI=1S/C24H27N3O3S/c1-17-6-5-7-19(14-17)27-11-10-26(15-18(27)2)24(29)20-8-3-4-9-21(20)25-23(28)22-16-31-13-12-30-22/h3-9,14,16,18H,10-13,15H2,1-2H3,(H,25,28)/t18-/m1/s1. The van der Waals surface area contributed by atoms with E-state index in [9.17, 15) is 9.59 Å². The Morgan fingerprint density at radius 1 is 1.13 bits per heavy atom. The van der Waals surface area contributed by atoms with Gasteiger partial charge >= 0.3 is 0 Å². The molecule has 0 aromatic heterocycles. The van der Waals surface area contributed by atoms with Crippen LogP contribution in [0.1, 0.15) is 22.8 Å². The minimum atomic E-state index is -0.329. The zero-order valence-electron chi connectivity index (χ0n) is 17.8. The van der Waals surface area contributed by atoms with E-state index in [1.165, 1.54) is 11.3 Å². The fourth-order valence-electron chi connectivity index (χ4n) is 3.95. The zero-order chi connectivity index (χ0) is 21.8. The number of anilines is 2. The second-order valence-corrected chi connectivity index (χ2v) is 8.81. The first kappa shape index (κ1) is 21.3. The molecular formula is C24H27N3O3S. The van der Waals surface area contributed by atoms with Gasteiger partial charge in [-0.25, -0.2) is 0 Å². The minimum absolute atomic E-state index is 0.0699. The van der Waals surface area contributed by atoms with Crippen LogP contribution in [0.3, 0.4) is 0 Å². The molecule has 0 spiro atoms. The van der Waals surface area contributed by atoms with E-state index in [1.807, 2.05) is 17.0 Å². The van der Waals surface area contributed by atoms with Crippen LogP contribution in [-0.4, -0.2) is 54.8 Å². The zero-order valence-corrected chi connectivity index (χ0v) is 18.7. The lowest BCUT2D eigenvalue weighted by atomic mass is 10.1. The summed E-state index contributed by atoms with van der Waals surface area (Å²) in [6, 6.07) is 15.8. The van der Waals surface area contributed by atoms with Crippen molar-refractivity contribution < 1.29 is 14.3 Å². The normalized spacial score (nSPS) is 18.8. The third-order valence-electron chi connectivity index (χ3n) is 5.53. The van der Waals surface area contributed by atoms with Crippen LogP contribution in [-0.2, 0) is 9.53 Å². The molecule has 2 aromatic carbocycles. The van der Waals surface area contributed by atoms with Gasteiger partial charge in [-0.05, 0) is 43.7 Å². The van der Waals surface area contributed by atoms with Crippen molar-refractivity contribution in [2.45, 2.75) is 19.9 Å². The first-order valence-electron chi connectivity index (χ1n) is 10.5. The number of aryl methyl sites for hydroxylation is 1. The predicted octanol–water partition coefficient (Wildman–Crippen LogP) is 3.89. The second kappa shape index (κ2) is 9.47. The van der Waals surface area contributed by atoms with Crippen LogP contribution >= 0.6 is 11.8 Å². The molecule has 2 aliphatic rings. The first-order valence-corrected chi connectivity index (χ1v) is 11.6. The van der Waals surface area contributed by atoms with Gasteiger partial charge in [0.25, 0.3) is 11.8 Å². The molecule has 1 fully saturated rings. The van der Waals surface area contributed by atoms with E-state index in [0.717, 1.165) is 12.3 Å². The van der Waals surface area contributed by atoms with Crippen LogP contribution in [0.4, 0.5) is 11.4 Å². The smallest absolute Gasteiger partial charge is 0.291 e. The number of para-hydroxylation sites is 1. The van der Waals surface area contributed by atoms with Crippen molar-refractivity contribution in [1.29, 1.82) is 0 Å². The van der Waals surface area contributed by atoms with Gasteiger partial charge in [0.05, 0.1) is 17.9 Å². The van der Waals surface area contributed by atoms with Crippen LogP contribution < -0.4 is 10.2 Å². The van der Waals surface area contributed by atoms with Crippen LogP contribution in [0.25, 0.3) is 0 Å². The Labute approximate surface area is 187 Å². The van der Waals surface area contributed by atoms with Crippen molar-refractivity contribution in [2.75, 3.05) is 42.2 Å². The number of amides is 2. The van der Waals surface area contributed by atoms with Gasteiger partial charge in [0.2, 0.25) is 0 Å². The number of piperazine rings is 1. The summed E-state index contributed by atoms with van der Waals surface area (Å²) in [7, 11) is 0. The molecule has 0 unspecified atom stereocenters. The van der Waals surface area contributed by atoms with Gasteiger partial charge < -0.3 is 19.9 Å². The molecule has 2 aliphatic heterocycles. The second-order valence-electron chi connectivity index (χ2n) is 7.83. The minimum Gasteiger partial charge on any atom is -0.487 e. The van der Waals surface area contributed by atoms with E-state index in [-0.39, 0.29) is 17.9 Å². The molecule has 2 heterocycles. The van der Waals surface area contributed by atoms with E-state index >= 15 is 0 Å². The third-order valence-corrected chi connectivity index (χ3v) is 6.31. The number of nitrogens with one attached hydrogen (secondary N) is 1. The number of thioether (sulfide) groups is 1. The molecule has 2 aromatic rings. The highest BCUT2D eigenvalue weighted by Gasteiger charge is 2.29. The Kier molecular flexibility index (Phi) is 6.51. The average molecular weight is 438 g/mol. The summed E-state index contributed by atoms with van der Waals surface area (Å²) in [5.74, 6) is 0.724. The molecule has 6 nitrogen and oxygen atoms in total. The molecule has 1 N–H and O–H groups in total. The molecule has 0 aliphatic carbocycles. The van der Waals surface area contributed by atoms with Crippen molar-refractivity contribution in [3.05, 3.63) is 70.8 Å². The lowest BCUT2D eigenvalue weighted by Gasteiger charge is -2.41. The summed E-state index contributed by atoms with van der Waals surface area (Å²) in [5.41, 5.74) is 3.41. The Hall–Kier alpha value is -2.93. The molecular weight excluding hydrogens is 410 g/mol. The SMILES string of the molecule is Cc1cccc(N2CCN(C(=O)c3ccccc3NC(=O)C3=CSCCO3)C[C@H]2C)c1. The molecule has 162 valence electrons. The Morgan fingerprint density at radius 3 is 2.71 bits per heavy atom. The molecule has 0 radical (unpaired) electrons. The quantitative estimate of drug-likeness (QED) is 0.786. The summed E-state index contributed by atoms with van der Waals surface area (Å²) in [5, 5.41) is 4.57. The Balaban J connectivity index is 1.46. The van der Waals surface area contributed by atoms with Crippen molar-refractivity contribution >= 4 is 35.0 Å². The van der Waals surface area contributed by atoms with E-state index in [0.29, 0.717) is 36.7 Å². The molecule has 2 amide bonds. The van der Waals surface area contributed by atoms with Gasteiger partial charge in [-0.3, -0.25) is 9.59 Å². The summed E-state index contributed by atoms with van der Waals surface area (Å²) in [6.07, 6.45) is 0. The summed E-state index contributed by atoms with van der Waals surface area (Å²) < 4.78 is 5.43. The molecule has 4 rings (SSSR count). The summed E-state index contributed by atoms with van der Waals surface area (Å²) in [4.78, 5) is 30.1. The Morgan fingerprint density at radius 2 is 1.97 bits per heavy atom.